The number of nitrogens with one attached hydrogen (secondary N) is 1. The SMILES string of the molecule is Cc1nn(C)c(C)c1S(=O)(=O)NC(=O)c1ccoc1C. The predicted molar refractivity (Wildman–Crippen MR) is 70.8 cm³/mol. The number of hydrogen-bond donors (Lipinski definition) is 1. The maximum atomic E-state index is 12.3. The molecule has 0 aromatic carbocycles. The van der Waals surface area contributed by atoms with Crippen molar-refractivity contribution in [2.24, 2.45) is 7.05 Å². The molecule has 0 saturated heterocycles. The summed E-state index contributed by atoms with van der Waals surface area (Å²) in [5, 5.41) is 4.03. The molecule has 108 valence electrons. The van der Waals surface area contributed by atoms with Gasteiger partial charge in [0.15, 0.2) is 0 Å². The van der Waals surface area contributed by atoms with Crippen LogP contribution in [0.4, 0.5) is 0 Å². The average molecular weight is 297 g/mol. The summed E-state index contributed by atoms with van der Waals surface area (Å²) in [5.41, 5.74) is 0.994. The van der Waals surface area contributed by atoms with Crippen LogP contribution in [-0.4, -0.2) is 24.1 Å². The Bertz CT molecular complexity index is 771. The van der Waals surface area contributed by atoms with E-state index in [9.17, 15) is 13.2 Å². The van der Waals surface area contributed by atoms with Crippen LogP contribution in [0.25, 0.3) is 0 Å². The number of carbonyl (C=O) groups is 1. The second kappa shape index (κ2) is 4.78. The Morgan fingerprint density at radius 1 is 1.35 bits per heavy atom. The molecule has 0 unspecified atom stereocenters. The minimum Gasteiger partial charge on any atom is -0.469 e. The molecule has 0 fully saturated rings. The number of hydrogen-bond acceptors (Lipinski definition) is 5. The van der Waals surface area contributed by atoms with E-state index in [-0.39, 0.29) is 10.5 Å². The van der Waals surface area contributed by atoms with E-state index in [1.165, 1.54) is 17.0 Å². The lowest BCUT2D eigenvalue weighted by Crippen LogP contribution is -2.31. The average Bonchev–Trinajstić information content (AvgIpc) is 2.83. The summed E-state index contributed by atoms with van der Waals surface area (Å²) in [7, 11) is -2.33. The lowest BCUT2D eigenvalue weighted by molar-refractivity contribution is 0.0980. The smallest absolute Gasteiger partial charge is 0.268 e. The van der Waals surface area contributed by atoms with E-state index in [4.69, 9.17) is 4.42 Å². The first-order valence-corrected chi connectivity index (χ1v) is 7.34. The van der Waals surface area contributed by atoms with Gasteiger partial charge in [0.05, 0.1) is 23.2 Å². The second-order valence-corrected chi connectivity index (χ2v) is 6.07. The molecular weight excluding hydrogens is 282 g/mol. The number of amides is 1. The summed E-state index contributed by atoms with van der Waals surface area (Å²) in [5.74, 6) is -0.365. The van der Waals surface area contributed by atoms with Crippen molar-refractivity contribution in [3.05, 3.63) is 35.0 Å². The Kier molecular flexibility index (Phi) is 3.43. The van der Waals surface area contributed by atoms with Gasteiger partial charge in [-0.25, -0.2) is 13.1 Å². The van der Waals surface area contributed by atoms with E-state index in [0.717, 1.165) is 0 Å². The highest BCUT2D eigenvalue weighted by Crippen LogP contribution is 2.19. The lowest BCUT2D eigenvalue weighted by atomic mass is 10.2. The Morgan fingerprint density at radius 3 is 2.45 bits per heavy atom. The van der Waals surface area contributed by atoms with Crippen molar-refractivity contribution >= 4 is 15.9 Å². The molecule has 2 heterocycles. The van der Waals surface area contributed by atoms with Crippen LogP contribution in [0.15, 0.2) is 21.6 Å². The number of rotatable bonds is 3. The van der Waals surface area contributed by atoms with Gasteiger partial charge < -0.3 is 4.42 Å². The van der Waals surface area contributed by atoms with Gasteiger partial charge in [-0.1, -0.05) is 0 Å². The third kappa shape index (κ3) is 2.34. The maximum absolute atomic E-state index is 12.3. The van der Waals surface area contributed by atoms with Gasteiger partial charge in [-0.15, -0.1) is 0 Å². The van der Waals surface area contributed by atoms with Crippen molar-refractivity contribution < 1.29 is 17.6 Å². The third-order valence-electron chi connectivity index (χ3n) is 3.04. The molecule has 8 heteroatoms. The Labute approximate surface area is 116 Å². The molecule has 0 aliphatic rings. The fraction of sp³-hybridized carbons (Fsp3) is 0.333. The van der Waals surface area contributed by atoms with Crippen molar-refractivity contribution in [2.45, 2.75) is 25.7 Å². The summed E-state index contributed by atoms with van der Waals surface area (Å²) in [6.07, 6.45) is 1.33. The molecule has 7 nitrogen and oxygen atoms in total. The van der Waals surface area contributed by atoms with Gasteiger partial charge in [-0.3, -0.25) is 9.48 Å². The Hall–Kier alpha value is -2.09. The Morgan fingerprint density at radius 2 is 2.00 bits per heavy atom. The van der Waals surface area contributed by atoms with E-state index in [1.54, 1.807) is 27.8 Å². The highest BCUT2D eigenvalue weighted by Gasteiger charge is 2.27. The summed E-state index contributed by atoms with van der Waals surface area (Å²) in [4.78, 5) is 12.0. The van der Waals surface area contributed by atoms with Crippen molar-refractivity contribution in [3.8, 4) is 0 Å². The summed E-state index contributed by atoms with van der Waals surface area (Å²) in [6, 6.07) is 1.42. The van der Waals surface area contributed by atoms with E-state index < -0.39 is 15.9 Å². The number of nitrogens with zero attached hydrogens (tertiary/aromatic N) is 2. The zero-order valence-electron chi connectivity index (χ0n) is 11.6. The lowest BCUT2D eigenvalue weighted by Gasteiger charge is -2.06. The summed E-state index contributed by atoms with van der Waals surface area (Å²) in [6.45, 7) is 4.79. The first kappa shape index (κ1) is 14.3. The van der Waals surface area contributed by atoms with Crippen LogP contribution in [0.3, 0.4) is 0 Å². The topological polar surface area (TPSA) is 94.2 Å². The van der Waals surface area contributed by atoms with Crippen molar-refractivity contribution in [1.82, 2.24) is 14.5 Å². The van der Waals surface area contributed by atoms with Crippen LogP contribution in [0.2, 0.25) is 0 Å². The normalized spacial score (nSPS) is 11.6. The quantitative estimate of drug-likeness (QED) is 0.914. The molecule has 0 bridgehead atoms. The molecular formula is C12H15N3O4S. The molecule has 1 N–H and O–H groups in total. The van der Waals surface area contributed by atoms with Crippen LogP contribution >= 0.6 is 0 Å². The van der Waals surface area contributed by atoms with Crippen LogP contribution < -0.4 is 4.72 Å². The zero-order valence-corrected chi connectivity index (χ0v) is 12.4. The largest absolute Gasteiger partial charge is 0.469 e. The van der Waals surface area contributed by atoms with E-state index in [2.05, 4.69) is 5.10 Å². The van der Waals surface area contributed by atoms with Crippen molar-refractivity contribution in [1.29, 1.82) is 0 Å². The first-order chi connectivity index (χ1) is 9.24. The van der Waals surface area contributed by atoms with E-state index in [1.807, 2.05) is 4.72 Å². The molecule has 0 aliphatic heterocycles. The molecule has 0 radical (unpaired) electrons. The molecule has 1 amide bonds. The minimum absolute atomic E-state index is 0.0227. The molecule has 2 aromatic heterocycles. The highest BCUT2D eigenvalue weighted by molar-refractivity contribution is 7.90. The van der Waals surface area contributed by atoms with Gasteiger partial charge in [0, 0.05) is 7.05 Å². The van der Waals surface area contributed by atoms with Crippen LogP contribution in [-0.2, 0) is 17.1 Å². The second-order valence-electron chi connectivity index (χ2n) is 4.45. The number of aryl methyl sites for hydroxylation is 3. The first-order valence-electron chi connectivity index (χ1n) is 5.85. The van der Waals surface area contributed by atoms with Gasteiger partial charge in [0.1, 0.15) is 10.7 Å². The fourth-order valence-corrected chi connectivity index (χ4v) is 3.40. The maximum Gasteiger partial charge on any atom is 0.268 e. The summed E-state index contributed by atoms with van der Waals surface area (Å²) < 4.78 is 33.0. The monoisotopic (exact) mass is 297 g/mol. The molecule has 2 aromatic rings. The van der Waals surface area contributed by atoms with Gasteiger partial charge in [-0.05, 0) is 26.8 Å². The third-order valence-corrected chi connectivity index (χ3v) is 4.62. The fourth-order valence-electron chi connectivity index (χ4n) is 1.99. The molecule has 20 heavy (non-hydrogen) atoms. The number of aromatic nitrogens is 2. The van der Waals surface area contributed by atoms with E-state index in [0.29, 0.717) is 17.1 Å². The van der Waals surface area contributed by atoms with Crippen molar-refractivity contribution in [3.63, 3.8) is 0 Å². The molecule has 2 rings (SSSR count). The molecule has 0 atom stereocenters. The van der Waals surface area contributed by atoms with Gasteiger partial charge in [-0.2, -0.15) is 5.10 Å². The van der Waals surface area contributed by atoms with Crippen molar-refractivity contribution in [2.75, 3.05) is 0 Å². The molecule has 0 aliphatic carbocycles. The number of sulfonamides is 1. The van der Waals surface area contributed by atoms with Gasteiger partial charge >= 0.3 is 0 Å². The van der Waals surface area contributed by atoms with Gasteiger partial charge in [0.25, 0.3) is 15.9 Å². The standard InChI is InChI=1S/C12H15N3O4S/c1-7-11(8(2)15(4)13-7)20(17,18)14-12(16)10-5-6-19-9(10)3/h5-6H,1-4H3,(H,14,16). The van der Waals surface area contributed by atoms with E-state index >= 15 is 0 Å². The number of furan rings is 1. The molecule has 0 saturated carbocycles. The summed E-state index contributed by atoms with van der Waals surface area (Å²) >= 11 is 0. The predicted octanol–water partition coefficient (Wildman–Crippen LogP) is 1.06. The number of carbonyl (C=O) groups excluding carboxylic acids is 1. The minimum atomic E-state index is -3.97. The zero-order chi connectivity index (χ0) is 15.1. The van der Waals surface area contributed by atoms with Gasteiger partial charge in [0.2, 0.25) is 0 Å². The Balaban J connectivity index is 2.38. The molecule has 0 spiro atoms. The van der Waals surface area contributed by atoms with Crippen LogP contribution in [0.5, 0.6) is 0 Å². The van der Waals surface area contributed by atoms with Crippen LogP contribution in [0, 0.1) is 20.8 Å². The highest BCUT2D eigenvalue weighted by atomic mass is 32.2. The van der Waals surface area contributed by atoms with Crippen LogP contribution in [0.1, 0.15) is 27.5 Å².